The third kappa shape index (κ3) is 2.14. The second kappa shape index (κ2) is 4.39. The molecule has 1 saturated heterocycles. The van der Waals surface area contributed by atoms with Crippen molar-refractivity contribution < 1.29 is 0 Å². The van der Waals surface area contributed by atoms with Gasteiger partial charge in [-0.1, -0.05) is 6.92 Å². The van der Waals surface area contributed by atoms with Gasteiger partial charge in [-0.05, 0) is 32.1 Å². The van der Waals surface area contributed by atoms with Gasteiger partial charge in [0, 0.05) is 24.6 Å². The van der Waals surface area contributed by atoms with E-state index in [1.165, 1.54) is 19.3 Å². The Morgan fingerprint density at radius 1 is 1.33 bits per heavy atom. The first-order valence-corrected chi connectivity index (χ1v) is 6.79. The molecule has 0 spiro atoms. The molecule has 2 atom stereocenters. The number of aromatic nitrogens is 2. The van der Waals surface area contributed by atoms with Crippen LogP contribution in [0.25, 0.3) is 0 Å². The molecule has 1 saturated carbocycles. The molecular formula is C13H21N5. The van der Waals surface area contributed by atoms with Crippen LogP contribution in [-0.2, 0) is 0 Å². The van der Waals surface area contributed by atoms with Gasteiger partial charge in [-0.15, -0.1) is 0 Å². The van der Waals surface area contributed by atoms with Crippen molar-refractivity contribution in [1.82, 2.24) is 9.97 Å². The fourth-order valence-electron chi connectivity index (χ4n) is 2.82. The van der Waals surface area contributed by atoms with Gasteiger partial charge in [0.25, 0.3) is 0 Å². The molecule has 5 heteroatoms. The Hall–Kier alpha value is -1.36. The van der Waals surface area contributed by atoms with E-state index in [9.17, 15) is 0 Å². The van der Waals surface area contributed by atoms with E-state index in [4.69, 9.17) is 10.8 Å². The quantitative estimate of drug-likeness (QED) is 0.630. The van der Waals surface area contributed by atoms with Gasteiger partial charge in [0.15, 0.2) is 0 Å². The normalized spacial score (nSPS) is 27.6. The molecule has 0 amide bonds. The Kier molecular flexibility index (Phi) is 2.86. The highest BCUT2D eigenvalue weighted by Crippen LogP contribution is 2.39. The Morgan fingerprint density at radius 2 is 2.11 bits per heavy atom. The highest BCUT2D eigenvalue weighted by atomic mass is 15.3. The van der Waals surface area contributed by atoms with Gasteiger partial charge in [-0.3, -0.25) is 0 Å². The predicted molar refractivity (Wildman–Crippen MR) is 72.4 cm³/mol. The minimum absolute atomic E-state index is 0.549. The maximum absolute atomic E-state index is 5.51. The van der Waals surface area contributed by atoms with E-state index in [2.05, 4.69) is 29.2 Å². The highest BCUT2D eigenvalue weighted by molar-refractivity contribution is 5.50. The molecule has 1 aliphatic heterocycles. The van der Waals surface area contributed by atoms with Crippen molar-refractivity contribution in [2.45, 2.75) is 45.1 Å². The summed E-state index contributed by atoms with van der Waals surface area (Å²) < 4.78 is 0. The van der Waals surface area contributed by atoms with Crippen LogP contribution in [0, 0.1) is 5.92 Å². The molecule has 3 rings (SSSR count). The molecule has 2 aliphatic rings. The third-order valence-corrected chi connectivity index (χ3v) is 3.90. The van der Waals surface area contributed by atoms with Crippen molar-refractivity contribution >= 4 is 11.6 Å². The van der Waals surface area contributed by atoms with Crippen LogP contribution in [0.4, 0.5) is 11.6 Å². The summed E-state index contributed by atoms with van der Waals surface area (Å²) in [6.45, 7) is 5.63. The molecule has 2 heterocycles. The summed E-state index contributed by atoms with van der Waals surface area (Å²) in [6, 6.07) is 2.51. The number of nitrogens with zero attached hydrogens (tertiary/aromatic N) is 3. The summed E-state index contributed by atoms with van der Waals surface area (Å²) in [5.41, 5.74) is 2.66. The van der Waals surface area contributed by atoms with Crippen molar-refractivity contribution in [3.05, 3.63) is 11.9 Å². The van der Waals surface area contributed by atoms with Crippen LogP contribution in [0.3, 0.4) is 0 Å². The summed E-state index contributed by atoms with van der Waals surface area (Å²) in [5, 5.41) is 0. The number of nitrogen functional groups attached to an aromatic ring is 1. The van der Waals surface area contributed by atoms with Gasteiger partial charge in [0.05, 0.1) is 0 Å². The van der Waals surface area contributed by atoms with E-state index in [1.54, 1.807) is 0 Å². The average molecular weight is 247 g/mol. The van der Waals surface area contributed by atoms with E-state index in [-0.39, 0.29) is 0 Å². The fourth-order valence-corrected chi connectivity index (χ4v) is 2.82. The first-order valence-electron chi connectivity index (χ1n) is 6.79. The summed E-state index contributed by atoms with van der Waals surface area (Å²) in [6.07, 6.45) is 3.65. The molecule has 1 aromatic rings. The summed E-state index contributed by atoms with van der Waals surface area (Å²) in [7, 11) is 0. The zero-order valence-electron chi connectivity index (χ0n) is 11.1. The van der Waals surface area contributed by atoms with Crippen molar-refractivity contribution in [2.24, 2.45) is 11.8 Å². The number of nitrogens with two attached hydrogens (primary N) is 1. The number of rotatable bonds is 3. The van der Waals surface area contributed by atoms with Gasteiger partial charge < -0.3 is 10.3 Å². The molecule has 0 radical (unpaired) electrons. The van der Waals surface area contributed by atoms with Crippen molar-refractivity contribution in [3.63, 3.8) is 0 Å². The molecule has 18 heavy (non-hydrogen) atoms. The van der Waals surface area contributed by atoms with E-state index >= 15 is 0 Å². The smallest absolute Gasteiger partial charge is 0.145 e. The minimum Gasteiger partial charge on any atom is -0.353 e. The van der Waals surface area contributed by atoms with Crippen LogP contribution in [0.5, 0.6) is 0 Å². The largest absolute Gasteiger partial charge is 0.353 e. The van der Waals surface area contributed by atoms with Gasteiger partial charge in [-0.2, -0.15) is 0 Å². The first-order chi connectivity index (χ1) is 8.67. The van der Waals surface area contributed by atoms with E-state index in [1.807, 2.05) is 6.07 Å². The zero-order valence-corrected chi connectivity index (χ0v) is 11.1. The first kappa shape index (κ1) is 11.7. The topological polar surface area (TPSA) is 67.1 Å². The van der Waals surface area contributed by atoms with E-state index in [0.717, 1.165) is 29.9 Å². The van der Waals surface area contributed by atoms with Gasteiger partial charge in [0.2, 0.25) is 0 Å². The van der Waals surface area contributed by atoms with Crippen molar-refractivity contribution in [2.75, 3.05) is 16.9 Å². The van der Waals surface area contributed by atoms with Crippen LogP contribution in [-0.4, -0.2) is 22.6 Å². The summed E-state index contributed by atoms with van der Waals surface area (Å²) in [4.78, 5) is 11.6. The molecule has 0 aromatic carbocycles. The number of hydrogen-bond donors (Lipinski definition) is 2. The molecule has 5 nitrogen and oxygen atoms in total. The molecule has 2 fully saturated rings. The van der Waals surface area contributed by atoms with E-state index < -0.39 is 0 Å². The lowest BCUT2D eigenvalue weighted by atomic mass is 10.1. The van der Waals surface area contributed by atoms with Gasteiger partial charge >= 0.3 is 0 Å². The Morgan fingerprint density at radius 3 is 2.67 bits per heavy atom. The average Bonchev–Trinajstić information content (AvgIpc) is 3.14. The molecular weight excluding hydrogens is 226 g/mol. The van der Waals surface area contributed by atoms with Crippen LogP contribution < -0.4 is 16.2 Å². The monoisotopic (exact) mass is 247 g/mol. The predicted octanol–water partition coefficient (Wildman–Crippen LogP) is 1.87. The second-order valence-electron chi connectivity index (χ2n) is 5.73. The van der Waals surface area contributed by atoms with Gasteiger partial charge in [0.1, 0.15) is 17.5 Å². The molecule has 98 valence electrons. The number of hydrazine groups is 1. The van der Waals surface area contributed by atoms with Crippen molar-refractivity contribution in [3.8, 4) is 0 Å². The molecule has 2 unspecified atom stereocenters. The standard InChI is InChI=1S/C13H21N5/c1-8-5-9(2)18(7-8)12-6-11(17-14)15-13(16-12)10-3-4-10/h6,8-10H,3-5,7,14H2,1-2H3,(H,15,16,17). The Bertz CT molecular complexity index is 443. The fraction of sp³-hybridized carbons (Fsp3) is 0.692. The molecule has 1 aliphatic carbocycles. The van der Waals surface area contributed by atoms with Crippen LogP contribution >= 0.6 is 0 Å². The summed E-state index contributed by atoms with van der Waals surface area (Å²) in [5.74, 6) is 9.49. The lowest BCUT2D eigenvalue weighted by Crippen LogP contribution is -2.28. The highest BCUT2D eigenvalue weighted by Gasteiger charge is 2.31. The van der Waals surface area contributed by atoms with Crippen LogP contribution in [0.1, 0.15) is 44.9 Å². The number of anilines is 2. The maximum Gasteiger partial charge on any atom is 0.145 e. The summed E-state index contributed by atoms with van der Waals surface area (Å²) >= 11 is 0. The van der Waals surface area contributed by atoms with E-state index in [0.29, 0.717) is 12.0 Å². The zero-order chi connectivity index (χ0) is 12.7. The lowest BCUT2D eigenvalue weighted by molar-refractivity contribution is 0.625. The molecule has 1 aromatic heterocycles. The van der Waals surface area contributed by atoms with Crippen LogP contribution in [0.2, 0.25) is 0 Å². The Balaban J connectivity index is 1.92. The van der Waals surface area contributed by atoms with Crippen LogP contribution in [0.15, 0.2) is 6.07 Å². The molecule has 3 N–H and O–H groups in total. The maximum atomic E-state index is 5.51. The second-order valence-corrected chi connectivity index (χ2v) is 5.73. The number of nitrogens with one attached hydrogen (secondary N) is 1. The third-order valence-electron chi connectivity index (χ3n) is 3.90. The SMILES string of the molecule is CC1CC(C)N(c2cc(NN)nc(C3CC3)n2)C1. The van der Waals surface area contributed by atoms with Gasteiger partial charge in [-0.25, -0.2) is 15.8 Å². The lowest BCUT2D eigenvalue weighted by Gasteiger charge is -2.23. The number of hydrogen-bond acceptors (Lipinski definition) is 5. The van der Waals surface area contributed by atoms with Crippen molar-refractivity contribution in [1.29, 1.82) is 0 Å². The molecule has 0 bridgehead atoms. The Labute approximate surface area is 108 Å². The minimum atomic E-state index is 0.549.